The van der Waals surface area contributed by atoms with E-state index in [2.05, 4.69) is 26.6 Å². The van der Waals surface area contributed by atoms with Gasteiger partial charge in [0.1, 0.15) is 0 Å². The van der Waals surface area contributed by atoms with Crippen LogP contribution in [0.3, 0.4) is 0 Å². The highest BCUT2D eigenvalue weighted by Gasteiger charge is 2.06. The Balaban J connectivity index is 2.25. The van der Waals surface area contributed by atoms with Crippen LogP contribution in [0.2, 0.25) is 0 Å². The largest absolute Gasteiger partial charge is 0.383 e. The minimum absolute atomic E-state index is 0.0217. The molecule has 1 aromatic carbocycles. The van der Waals surface area contributed by atoms with Crippen molar-refractivity contribution in [3.8, 4) is 0 Å². The van der Waals surface area contributed by atoms with Gasteiger partial charge < -0.3 is 15.4 Å². The molecule has 0 heterocycles. The number of rotatable bonds is 7. The van der Waals surface area contributed by atoms with Crippen molar-refractivity contribution in [2.24, 2.45) is 0 Å². The van der Waals surface area contributed by atoms with Crippen molar-refractivity contribution in [1.82, 2.24) is 10.6 Å². The number of hydrogen-bond acceptors (Lipinski definition) is 3. The molecule has 0 saturated heterocycles. The molecule has 1 unspecified atom stereocenters. The van der Waals surface area contributed by atoms with Gasteiger partial charge in [0.05, 0.1) is 13.2 Å². The van der Waals surface area contributed by atoms with Crippen LogP contribution in [-0.4, -0.2) is 32.2 Å². The van der Waals surface area contributed by atoms with Crippen LogP contribution in [0.15, 0.2) is 28.7 Å². The van der Waals surface area contributed by atoms with Crippen molar-refractivity contribution in [2.75, 3.05) is 20.3 Å². The predicted molar refractivity (Wildman–Crippen MR) is 75.3 cm³/mol. The molecule has 0 spiro atoms. The first-order valence-corrected chi connectivity index (χ1v) is 6.65. The molecular weight excluding hydrogens is 296 g/mol. The number of hydrogen-bond donors (Lipinski definition) is 2. The van der Waals surface area contributed by atoms with E-state index in [9.17, 15) is 4.79 Å². The first-order chi connectivity index (χ1) is 8.63. The molecule has 1 amide bonds. The van der Waals surface area contributed by atoms with Gasteiger partial charge in [-0.25, -0.2) is 0 Å². The van der Waals surface area contributed by atoms with E-state index < -0.39 is 0 Å². The minimum atomic E-state index is -0.0217. The molecule has 0 fully saturated rings. The summed E-state index contributed by atoms with van der Waals surface area (Å²) in [5.41, 5.74) is 1.13. The van der Waals surface area contributed by atoms with Gasteiger partial charge in [-0.3, -0.25) is 4.79 Å². The molecule has 0 radical (unpaired) electrons. The second-order valence-electron chi connectivity index (χ2n) is 4.12. The fourth-order valence-corrected chi connectivity index (χ4v) is 1.99. The number of carbonyl (C=O) groups excluding carboxylic acids is 1. The Morgan fingerprint density at radius 3 is 2.83 bits per heavy atom. The van der Waals surface area contributed by atoms with Crippen LogP contribution in [0.25, 0.3) is 0 Å². The standard InChI is InChI=1S/C13H19BrN2O2/c1-10(9-18-2)16-13(17)8-15-7-11-5-3-4-6-12(11)14/h3-6,10,15H,7-9H2,1-2H3,(H,16,17). The summed E-state index contributed by atoms with van der Waals surface area (Å²) in [7, 11) is 1.62. The molecule has 5 heteroatoms. The maximum absolute atomic E-state index is 11.6. The summed E-state index contributed by atoms with van der Waals surface area (Å²) in [6.07, 6.45) is 0. The number of amides is 1. The van der Waals surface area contributed by atoms with Crippen molar-refractivity contribution in [3.63, 3.8) is 0 Å². The summed E-state index contributed by atoms with van der Waals surface area (Å²) < 4.78 is 6.00. The molecular formula is C13H19BrN2O2. The quantitative estimate of drug-likeness (QED) is 0.805. The molecule has 4 nitrogen and oxygen atoms in total. The Labute approximate surface area is 116 Å². The van der Waals surface area contributed by atoms with Gasteiger partial charge in [-0.15, -0.1) is 0 Å². The molecule has 18 heavy (non-hydrogen) atoms. The average Bonchev–Trinajstić information content (AvgIpc) is 2.31. The molecule has 1 rings (SSSR count). The third kappa shape index (κ3) is 5.62. The predicted octanol–water partition coefficient (Wildman–Crippen LogP) is 1.69. The van der Waals surface area contributed by atoms with Gasteiger partial charge in [0.15, 0.2) is 0 Å². The van der Waals surface area contributed by atoms with Gasteiger partial charge in [0.2, 0.25) is 5.91 Å². The number of benzene rings is 1. The van der Waals surface area contributed by atoms with Crippen molar-refractivity contribution >= 4 is 21.8 Å². The zero-order chi connectivity index (χ0) is 13.4. The van der Waals surface area contributed by atoms with Crippen molar-refractivity contribution in [2.45, 2.75) is 19.5 Å². The Hall–Kier alpha value is -0.910. The summed E-state index contributed by atoms with van der Waals surface area (Å²) in [5, 5.41) is 5.95. The van der Waals surface area contributed by atoms with Crippen LogP contribution >= 0.6 is 15.9 Å². The SMILES string of the molecule is COCC(C)NC(=O)CNCc1ccccc1Br. The lowest BCUT2D eigenvalue weighted by Gasteiger charge is -2.13. The first-order valence-electron chi connectivity index (χ1n) is 5.86. The summed E-state index contributed by atoms with van der Waals surface area (Å²) in [5.74, 6) is -0.0217. The van der Waals surface area contributed by atoms with Gasteiger partial charge >= 0.3 is 0 Å². The van der Waals surface area contributed by atoms with E-state index in [0.29, 0.717) is 19.7 Å². The molecule has 0 aliphatic rings. The minimum Gasteiger partial charge on any atom is -0.383 e. The number of halogens is 1. The molecule has 0 aliphatic heterocycles. The van der Waals surface area contributed by atoms with Crippen LogP contribution in [0, 0.1) is 0 Å². The van der Waals surface area contributed by atoms with E-state index in [-0.39, 0.29) is 11.9 Å². The van der Waals surface area contributed by atoms with Crippen LogP contribution in [0.4, 0.5) is 0 Å². The Kier molecular flexibility index (Phi) is 6.93. The molecule has 0 bridgehead atoms. The fourth-order valence-electron chi connectivity index (χ4n) is 1.57. The Morgan fingerprint density at radius 2 is 2.17 bits per heavy atom. The topological polar surface area (TPSA) is 50.4 Å². The lowest BCUT2D eigenvalue weighted by molar-refractivity contribution is -0.121. The number of methoxy groups -OCH3 is 1. The molecule has 1 aromatic rings. The van der Waals surface area contributed by atoms with E-state index in [1.807, 2.05) is 31.2 Å². The zero-order valence-electron chi connectivity index (χ0n) is 10.7. The van der Waals surface area contributed by atoms with Crippen LogP contribution in [0.1, 0.15) is 12.5 Å². The second kappa shape index (κ2) is 8.24. The zero-order valence-corrected chi connectivity index (χ0v) is 12.3. The highest BCUT2D eigenvalue weighted by atomic mass is 79.9. The van der Waals surface area contributed by atoms with Crippen molar-refractivity contribution in [1.29, 1.82) is 0 Å². The second-order valence-corrected chi connectivity index (χ2v) is 4.97. The van der Waals surface area contributed by atoms with E-state index in [1.165, 1.54) is 0 Å². The van der Waals surface area contributed by atoms with Crippen molar-refractivity contribution < 1.29 is 9.53 Å². The molecule has 0 aromatic heterocycles. The van der Waals surface area contributed by atoms with Gasteiger partial charge in [-0.05, 0) is 18.6 Å². The third-order valence-electron chi connectivity index (χ3n) is 2.38. The first kappa shape index (κ1) is 15.1. The van der Waals surface area contributed by atoms with Crippen LogP contribution < -0.4 is 10.6 Å². The van der Waals surface area contributed by atoms with Gasteiger partial charge in [0.25, 0.3) is 0 Å². The summed E-state index contributed by atoms with van der Waals surface area (Å²) in [6, 6.07) is 7.97. The fraction of sp³-hybridized carbons (Fsp3) is 0.462. The smallest absolute Gasteiger partial charge is 0.234 e. The molecule has 0 aliphatic carbocycles. The highest BCUT2D eigenvalue weighted by Crippen LogP contribution is 2.14. The Bertz CT molecular complexity index is 385. The van der Waals surface area contributed by atoms with E-state index >= 15 is 0 Å². The van der Waals surface area contributed by atoms with Gasteiger partial charge in [-0.1, -0.05) is 34.1 Å². The summed E-state index contributed by atoms with van der Waals surface area (Å²) >= 11 is 3.47. The highest BCUT2D eigenvalue weighted by molar-refractivity contribution is 9.10. The molecule has 2 N–H and O–H groups in total. The molecule has 100 valence electrons. The molecule has 1 atom stereocenters. The van der Waals surface area contributed by atoms with Gasteiger partial charge in [0, 0.05) is 24.2 Å². The maximum atomic E-state index is 11.6. The van der Waals surface area contributed by atoms with Crippen molar-refractivity contribution in [3.05, 3.63) is 34.3 Å². The van der Waals surface area contributed by atoms with E-state index in [1.54, 1.807) is 7.11 Å². The summed E-state index contributed by atoms with van der Waals surface area (Å²) in [6.45, 7) is 3.40. The monoisotopic (exact) mass is 314 g/mol. The third-order valence-corrected chi connectivity index (χ3v) is 3.16. The van der Waals surface area contributed by atoms with Crippen LogP contribution in [-0.2, 0) is 16.1 Å². The maximum Gasteiger partial charge on any atom is 0.234 e. The molecule has 0 saturated carbocycles. The van der Waals surface area contributed by atoms with E-state index in [4.69, 9.17) is 4.74 Å². The Morgan fingerprint density at radius 1 is 1.44 bits per heavy atom. The number of ether oxygens (including phenoxy) is 1. The normalized spacial score (nSPS) is 12.2. The number of carbonyl (C=O) groups is 1. The average molecular weight is 315 g/mol. The lowest BCUT2D eigenvalue weighted by atomic mass is 10.2. The van der Waals surface area contributed by atoms with E-state index in [0.717, 1.165) is 10.0 Å². The van der Waals surface area contributed by atoms with Gasteiger partial charge in [-0.2, -0.15) is 0 Å². The summed E-state index contributed by atoms with van der Waals surface area (Å²) in [4.78, 5) is 11.6. The lowest BCUT2D eigenvalue weighted by Crippen LogP contribution is -2.40. The number of nitrogens with one attached hydrogen (secondary N) is 2. The van der Waals surface area contributed by atoms with Crippen LogP contribution in [0.5, 0.6) is 0 Å².